The summed E-state index contributed by atoms with van der Waals surface area (Å²) in [5, 5.41) is 0.741. The largest absolute Gasteiger partial charge is 0.339 e. The van der Waals surface area contributed by atoms with Crippen LogP contribution < -0.4 is 0 Å². The fraction of sp³-hybridized carbons (Fsp3) is 0.533. The molecule has 1 atom stereocenters. The van der Waals surface area contributed by atoms with Gasteiger partial charge in [0.1, 0.15) is 11.6 Å². The number of amides is 1. The Bertz CT molecular complexity index is 481. The van der Waals surface area contributed by atoms with Gasteiger partial charge >= 0.3 is 0 Å². The molecule has 0 aliphatic carbocycles. The van der Waals surface area contributed by atoms with Crippen molar-refractivity contribution in [3.05, 3.63) is 35.4 Å². The van der Waals surface area contributed by atoms with E-state index in [1.54, 1.807) is 0 Å². The van der Waals surface area contributed by atoms with E-state index in [-0.39, 0.29) is 23.9 Å². The number of rotatable bonds is 3. The lowest BCUT2D eigenvalue weighted by Gasteiger charge is -2.29. The minimum Gasteiger partial charge on any atom is -0.339 e. The molecule has 20 heavy (non-hydrogen) atoms. The van der Waals surface area contributed by atoms with E-state index in [1.807, 2.05) is 4.90 Å². The fourth-order valence-electron chi connectivity index (χ4n) is 2.60. The van der Waals surface area contributed by atoms with Crippen LogP contribution in [-0.2, 0) is 11.2 Å². The van der Waals surface area contributed by atoms with E-state index in [0.717, 1.165) is 43.6 Å². The van der Waals surface area contributed by atoms with Gasteiger partial charge in [-0.25, -0.2) is 8.78 Å². The van der Waals surface area contributed by atoms with Crippen molar-refractivity contribution in [1.29, 1.82) is 0 Å². The van der Waals surface area contributed by atoms with E-state index >= 15 is 0 Å². The molecule has 0 saturated carbocycles. The smallest absolute Gasteiger partial charge is 0.227 e. The zero-order valence-electron chi connectivity index (χ0n) is 11.2. The van der Waals surface area contributed by atoms with Crippen LogP contribution in [0.4, 0.5) is 8.78 Å². The van der Waals surface area contributed by atoms with Gasteiger partial charge in [0, 0.05) is 24.0 Å². The second-order valence-corrected chi connectivity index (χ2v) is 5.80. The highest BCUT2D eigenvalue weighted by atomic mass is 79.9. The molecule has 1 aromatic carbocycles. The minimum atomic E-state index is -0.649. The third kappa shape index (κ3) is 3.78. The average Bonchev–Trinajstić information content (AvgIpc) is 2.67. The number of hydrogen-bond acceptors (Lipinski definition) is 1. The maximum Gasteiger partial charge on any atom is 0.227 e. The molecule has 0 spiro atoms. The van der Waals surface area contributed by atoms with Crippen LogP contribution in [0.25, 0.3) is 0 Å². The van der Waals surface area contributed by atoms with E-state index in [4.69, 9.17) is 0 Å². The van der Waals surface area contributed by atoms with Gasteiger partial charge in [0.15, 0.2) is 0 Å². The van der Waals surface area contributed by atoms with Crippen LogP contribution in [0.2, 0.25) is 0 Å². The molecule has 2 rings (SSSR count). The molecule has 1 unspecified atom stereocenters. The van der Waals surface area contributed by atoms with Gasteiger partial charge in [-0.05, 0) is 24.5 Å². The number of carbonyl (C=O) groups excluding carboxylic acids is 1. The molecule has 0 bridgehead atoms. The highest BCUT2D eigenvalue weighted by Crippen LogP contribution is 2.20. The van der Waals surface area contributed by atoms with Gasteiger partial charge in [0.2, 0.25) is 5.91 Å². The molecule has 1 aliphatic heterocycles. The van der Waals surface area contributed by atoms with Gasteiger partial charge in [-0.2, -0.15) is 0 Å². The van der Waals surface area contributed by atoms with Crippen LogP contribution in [0, 0.1) is 11.6 Å². The standard InChI is InChI=1S/C15H18BrF2NO/c16-10-13-4-2-1-3-7-19(13)15(20)8-11-5-6-12(17)9-14(11)18/h5-6,9,13H,1-4,7-8,10H2. The first-order chi connectivity index (χ1) is 9.61. The molecule has 5 heteroatoms. The summed E-state index contributed by atoms with van der Waals surface area (Å²) in [4.78, 5) is 14.2. The lowest BCUT2D eigenvalue weighted by atomic mass is 10.1. The van der Waals surface area contributed by atoms with Gasteiger partial charge in [0.25, 0.3) is 0 Å². The Kier molecular flexibility index (Phi) is 5.52. The Morgan fingerprint density at radius 3 is 2.80 bits per heavy atom. The van der Waals surface area contributed by atoms with Crippen molar-refractivity contribution in [3.63, 3.8) is 0 Å². The van der Waals surface area contributed by atoms with E-state index in [9.17, 15) is 13.6 Å². The summed E-state index contributed by atoms with van der Waals surface area (Å²) in [6, 6.07) is 3.54. The minimum absolute atomic E-state index is 0.00435. The molecule has 1 heterocycles. The predicted molar refractivity (Wildman–Crippen MR) is 77.8 cm³/mol. The molecule has 0 radical (unpaired) electrons. The fourth-order valence-corrected chi connectivity index (χ4v) is 3.27. The van der Waals surface area contributed by atoms with Crippen molar-refractivity contribution in [1.82, 2.24) is 4.90 Å². The van der Waals surface area contributed by atoms with Crippen molar-refractivity contribution in [2.24, 2.45) is 0 Å². The summed E-state index contributed by atoms with van der Waals surface area (Å²) in [6.45, 7) is 0.720. The predicted octanol–water partition coefficient (Wildman–Crippen LogP) is 3.67. The molecule has 1 fully saturated rings. The third-order valence-corrected chi connectivity index (χ3v) is 4.48. The quantitative estimate of drug-likeness (QED) is 0.765. The SMILES string of the molecule is O=C(Cc1ccc(F)cc1F)N1CCCCCC1CBr. The summed E-state index contributed by atoms with van der Waals surface area (Å²) in [7, 11) is 0. The van der Waals surface area contributed by atoms with E-state index in [0.29, 0.717) is 0 Å². The van der Waals surface area contributed by atoms with Gasteiger partial charge in [0.05, 0.1) is 6.42 Å². The Labute approximate surface area is 126 Å². The monoisotopic (exact) mass is 345 g/mol. The Hall–Kier alpha value is -0.970. The lowest BCUT2D eigenvalue weighted by molar-refractivity contribution is -0.132. The second-order valence-electron chi connectivity index (χ2n) is 5.16. The van der Waals surface area contributed by atoms with Crippen LogP contribution in [-0.4, -0.2) is 28.7 Å². The number of halogens is 3. The Morgan fingerprint density at radius 1 is 1.30 bits per heavy atom. The highest BCUT2D eigenvalue weighted by Gasteiger charge is 2.25. The first-order valence-electron chi connectivity index (χ1n) is 6.91. The molecule has 0 aromatic heterocycles. The lowest BCUT2D eigenvalue weighted by Crippen LogP contribution is -2.41. The summed E-state index contributed by atoms with van der Waals surface area (Å²) < 4.78 is 26.5. The number of benzene rings is 1. The van der Waals surface area contributed by atoms with Crippen molar-refractivity contribution in [2.45, 2.75) is 38.1 Å². The van der Waals surface area contributed by atoms with E-state index < -0.39 is 11.6 Å². The van der Waals surface area contributed by atoms with Crippen molar-refractivity contribution < 1.29 is 13.6 Å². The molecule has 110 valence electrons. The first-order valence-corrected chi connectivity index (χ1v) is 8.03. The van der Waals surface area contributed by atoms with Gasteiger partial charge in [-0.3, -0.25) is 4.79 Å². The number of likely N-dealkylation sites (tertiary alicyclic amines) is 1. The summed E-state index contributed by atoms with van der Waals surface area (Å²) in [5.74, 6) is -1.35. The Morgan fingerprint density at radius 2 is 2.10 bits per heavy atom. The zero-order chi connectivity index (χ0) is 14.5. The maximum absolute atomic E-state index is 13.6. The molecule has 1 amide bonds. The van der Waals surface area contributed by atoms with Gasteiger partial charge < -0.3 is 4.90 Å². The second kappa shape index (κ2) is 7.16. The summed E-state index contributed by atoms with van der Waals surface area (Å²) >= 11 is 3.45. The molecule has 1 aliphatic rings. The zero-order valence-corrected chi connectivity index (χ0v) is 12.8. The number of alkyl halides is 1. The van der Waals surface area contributed by atoms with Gasteiger partial charge in [-0.1, -0.05) is 34.8 Å². The van der Waals surface area contributed by atoms with Crippen molar-refractivity contribution in [2.75, 3.05) is 11.9 Å². The summed E-state index contributed by atoms with van der Waals surface area (Å²) in [6.07, 6.45) is 4.20. The molecular weight excluding hydrogens is 328 g/mol. The van der Waals surface area contributed by atoms with Crippen LogP contribution in [0.15, 0.2) is 18.2 Å². The van der Waals surface area contributed by atoms with Crippen LogP contribution in [0.5, 0.6) is 0 Å². The van der Waals surface area contributed by atoms with Crippen molar-refractivity contribution >= 4 is 21.8 Å². The molecule has 1 aromatic rings. The van der Waals surface area contributed by atoms with Crippen LogP contribution in [0.3, 0.4) is 0 Å². The number of hydrogen-bond donors (Lipinski definition) is 0. The van der Waals surface area contributed by atoms with Crippen molar-refractivity contribution in [3.8, 4) is 0 Å². The average molecular weight is 346 g/mol. The molecule has 0 N–H and O–H groups in total. The highest BCUT2D eigenvalue weighted by molar-refractivity contribution is 9.09. The van der Waals surface area contributed by atoms with Crippen LogP contribution >= 0.6 is 15.9 Å². The van der Waals surface area contributed by atoms with E-state index in [2.05, 4.69) is 15.9 Å². The normalized spacial score (nSPS) is 19.8. The number of nitrogens with zero attached hydrogens (tertiary/aromatic N) is 1. The third-order valence-electron chi connectivity index (χ3n) is 3.73. The topological polar surface area (TPSA) is 20.3 Å². The molecule has 1 saturated heterocycles. The van der Waals surface area contributed by atoms with Crippen LogP contribution in [0.1, 0.15) is 31.2 Å². The number of carbonyl (C=O) groups is 1. The molecular formula is C15H18BrF2NO. The first kappa shape index (κ1) is 15.4. The summed E-state index contributed by atoms with van der Waals surface area (Å²) in [5.41, 5.74) is 0.258. The maximum atomic E-state index is 13.6. The molecule has 2 nitrogen and oxygen atoms in total. The Balaban J connectivity index is 2.09. The van der Waals surface area contributed by atoms with Gasteiger partial charge in [-0.15, -0.1) is 0 Å². The van der Waals surface area contributed by atoms with E-state index in [1.165, 1.54) is 12.1 Å².